The summed E-state index contributed by atoms with van der Waals surface area (Å²) in [5, 5.41) is 15.6. The molecule has 3 aromatic rings. The van der Waals surface area contributed by atoms with Crippen molar-refractivity contribution >= 4 is 5.91 Å². The molecule has 27 heavy (non-hydrogen) atoms. The Balaban J connectivity index is 1.45. The van der Waals surface area contributed by atoms with E-state index in [1.807, 2.05) is 48.1 Å². The molecule has 1 aliphatic rings. The van der Waals surface area contributed by atoms with E-state index in [-0.39, 0.29) is 11.9 Å². The third-order valence-corrected chi connectivity index (χ3v) is 5.15. The quantitative estimate of drug-likeness (QED) is 0.729. The van der Waals surface area contributed by atoms with Gasteiger partial charge >= 0.3 is 0 Å². The Morgan fingerprint density at radius 2 is 2.15 bits per heavy atom. The lowest BCUT2D eigenvalue weighted by molar-refractivity contribution is 0.0937. The number of nitrogens with zero attached hydrogens (tertiary/aromatic N) is 5. The Labute approximate surface area is 158 Å². The molecule has 1 aliphatic carbocycles. The van der Waals surface area contributed by atoms with Crippen molar-refractivity contribution in [3.8, 4) is 0 Å². The second-order valence-electron chi connectivity index (χ2n) is 7.13. The lowest BCUT2D eigenvalue weighted by atomic mass is 10.1. The van der Waals surface area contributed by atoms with Crippen LogP contribution in [-0.4, -0.2) is 30.5 Å². The highest BCUT2D eigenvalue weighted by molar-refractivity contribution is 5.94. The van der Waals surface area contributed by atoms with E-state index in [0.29, 0.717) is 18.2 Å². The Kier molecular flexibility index (Phi) is 5.00. The highest BCUT2D eigenvalue weighted by Gasteiger charge is 2.23. The van der Waals surface area contributed by atoms with Crippen molar-refractivity contribution in [1.29, 1.82) is 0 Å². The van der Waals surface area contributed by atoms with Crippen molar-refractivity contribution < 1.29 is 4.79 Å². The van der Waals surface area contributed by atoms with Crippen LogP contribution in [0.25, 0.3) is 0 Å². The van der Waals surface area contributed by atoms with Gasteiger partial charge in [0.15, 0.2) is 5.82 Å². The van der Waals surface area contributed by atoms with Crippen LogP contribution in [0.15, 0.2) is 49.1 Å². The molecule has 1 aromatic carbocycles. The maximum Gasteiger partial charge on any atom is 0.251 e. The summed E-state index contributed by atoms with van der Waals surface area (Å²) < 4.78 is 3.97. The van der Waals surface area contributed by atoms with Crippen molar-refractivity contribution in [2.45, 2.75) is 51.2 Å². The fourth-order valence-corrected chi connectivity index (χ4v) is 3.76. The third-order valence-electron chi connectivity index (χ3n) is 5.15. The van der Waals surface area contributed by atoms with Crippen LogP contribution in [0.5, 0.6) is 0 Å². The van der Waals surface area contributed by atoms with Gasteiger partial charge in [0.2, 0.25) is 0 Å². The van der Waals surface area contributed by atoms with Gasteiger partial charge < -0.3 is 9.88 Å². The first-order valence-corrected chi connectivity index (χ1v) is 9.47. The van der Waals surface area contributed by atoms with Gasteiger partial charge in [0.25, 0.3) is 5.91 Å². The minimum Gasteiger partial charge on any atom is -0.342 e. The van der Waals surface area contributed by atoms with Crippen molar-refractivity contribution in [1.82, 2.24) is 29.9 Å². The number of aromatic nitrogens is 5. The summed E-state index contributed by atoms with van der Waals surface area (Å²) in [6.45, 7) is 2.60. The number of nitrogens with one attached hydrogen (secondary N) is 1. The molecular weight excluding hydrogens is 340 g/mol. The zero-order valence-corrected chi connectivity index (χ0v) is 15.5. The zero-order chi connectivity index (χ0) is 18.6. The van der Waals surface area contributed by atoms with Crippen LogP contribution < -0.4 is 5.32 Å². The summed E-state index contributed by atoms with van der Waals surface area (Å²) >= 11 is 0. The van der Waals surface area contributed by atoms with Crippen molar-refractivity contribution in [3.05, 3.63) is 66.0 Å². The summed E-state index contributed by atoms with van der Waals surface area (Å²) in [4.78, 5) is 12.7. The van der Waals surface area contributed by atoms with E-state index in [9.17, 15) is 4.79 Å². The lowest BCUT2D eigenvalue weighted by Gasteiger charge is -2.19. The van der Waals surface area contributed by atoms with E-state index in [1.54, 1.807) is 12.5 Å². The van der Waals surface area contributed by atoms with Crippen molar-refractivity contribution in [3.63, 3.8) is 0 Å². The molecule has 4 rings (SSSR count). The van der Waals surface area contributed by atoms with Crippen LogP contribution in [0, 0.1) is 0 Å². The molecule has 1 fully saturated rings. The van der Waals surface area contributed by atoms with Crippen molar-refractivity contribution in [2.75, 3.05) is 0 Å². The molecule has 1 amide bonds. The van der Waals surface area contributed by atoms with E-state index >= 15 is 0 Å². The summed E-state index contributed by atoms with van der Waals surface area (Å²) in [5.74, 6) is 0.716. The van der Waals surface area contributed by atoms with Crippen LogP contribution in [-0.2, 0) is 6.54 Å². The molecule has 2 aromatic heterocycles. The monoisotopic (exact) mass is 364 g/mol. The van der Waals surface area contributed by atoms with Crippen LogP contribution in [0.1, 0.15) is 66.4 Å². The van der Waals surface area contributed by atoms with Gasteiger partial charge in [-0.25, -0.2) is 0 Å². The molecule has 0 aliphatic heterocycles. The third kappa shape index (κ3) is 3.92. The molecule has 0 radical (unpaired) electrons. The number of hydrogen-bond donors (Lipinski definition) is 1. The molecule has 0 bridgehead atoms. The summed E-state index contributed by atoms with van der Waals surface area (Å²) in [5.41, 5.74) is 1.67. The molecule has 2 heterocycles. The van der Waals surface area contributed by atoms with E-state index in [2.05, 4.69) is 25.2 Å². The summed E-state index contributed by atoms with van der Waals surface area (Å²) in [7, 11) is 0. The molecule has 0 saturated heterocycles. The van der Waals surface area contributed by atoms with Crippen LogP contribution in [0.2, 0.25) is 0 Å². The van der Waals surface area contributed by atoms with Crippen LogP contribution in [0.4, 0.5) is 0 Å². The average molecular weight is 364 g/mol. The van der Waals surface area contributed by atoms with Gasteiger partial charge in [-0.05, 0) is 43.5 Å². The molecule has 1 atom stereocenters. The van der Waals surface area contributed by atoms with Gasteiger partial charge in [0, 0.05) is 24.0 Å². The first-order chi connectivity index (χ1) is 13.2. The zero-order valence-electron chi connectivity index (χ0n) is 15.5. The second-order valence-corrected chi connectivity index (χ2v) is 7.13. The first kappa shape index (κ1) is 17.5. The molecule has 7 heteroatoms. The van der Waals surface area contributed by atoms with Crippen LogP contribution in [0.3, 0.4) is 0 Å². The normalized spacial score (nSPS) is 15.7. The highest BCUT2D eigenvalue weighted by atomic mass is 16.1. The summed E-state index contributed by atoms with van der Waals surface area (Å²) in [6, 6.07) is 9.78. The topological polar surface area (TPSA) is 77.6 Å². The molecule has 7 nitrogen and oxygen atoms in total. The highest BCUT2D eigenvalue weighted by Crippen LogP contribution is 2.31. The maximum absolute atomic E-state index is 12.7. The molecule has 1 N–H and O–H groups in total. The number of carbonyl (C=O) groups is 1. The van der Waals surface area contributed by atoms with Gasteiger partial charge in [-0.2, -0.15) is 5.10 Å². The molecule has 0 spiro atoms. The number of rotatable bonds is 6. The minimum absolute atomic E-state index is 0.106. The number of amides is 1. The Morgan fingerprint density at radius 3 is 2.93 bits per heavy atom. The van der Waals surface area contributed by atoms with Gasteiger partial charge in [-0.3, -0.25) is 9.48 Å². The smallest absolute Gasteiger partial charge is 0.251 e. The standard InChI is InChI=1S/C20H24N6O/c1-15(19-24-21-14-26(19)18-8-2-3-9-18)23-20(27)17-7-4-6-16(12-17)13-25-11-5-10-22-25/h4-7,10-12,14-15,18H,2-3,8-9,13H2,1H3,(H,23,27). The van der Waals surface area contributed by atoms with E-state index in [0.717, 1.165) is 24.2 Å². The van der Waals surface area contributed by atoms with Gasteiger partial charge in [-0.1, -0.05) is 25.0 Å². The largest absolute Gasteiger partial charge is 0.342 e. The SMILES string of the molecule is CC(NC(=O)c1cccc(Cn2cccn2)c1)c1nncn1C1CCCC1. The second kappa shape index (κ2) is 7.73. The van der Waals surface area contributed by atoms with Gasteiger partial charge in [0.1, 0.15) is 6.33 Å². The van der Waals surface area contributed by atoms with Crippen molar-refractivity contribution in [2.24, 2.45) is 0 Å². The fourth-order valence-electron chi connectivity index (χ4n) is 3.76. The predicted octanol–water partition coefficient (Wildman–Crippen LogP) is 3.13. The Morgan fingerprint density at radius 1 is 1.30 bits per heavy atom. The molecule has 140 valence electrons. The first-order valence-electron chi connectivity index (χ1n) is 9.47. The average Bonchev–Trinajstić information content (AvgIpc) is 3.43. The van der Waals surface area contributed by atoms with E-state index < -0.39 is 0 Å². The number of benzene rings is 1. The Hall–Kier alpha value is -2.96. The van der Waals surface area contributed by atoms with Gasteiger partial charge in [-0.15, -0.1) is 10.2 Å². The molecule has 1 unspecified atom stereocenters. The van der Waals surface area contributed by atoms with Crippen LogP contribution >= 0.6 is 0 Å². The number of carbonyl (C=O) groups excluding carboxylic acids is 1. The molecular formula is C20H24N6O. The fraction of sp³-hybridized carbons (Fsp3) is 0.400. The summed E-state index contributed by atoms with van der Waals surface area (Å²) in [6.07, 6.45) is 10.2. The number of hydrogen-bond acceptors (Lipinski definition) is 4. The van der Waals surface area contributed by atoms with Gasteiger partial charge in [0.05, 0.1) is 12.6 Å². The molecule has 1 saturated carbocycles. The lowest BCUT2D eigenvalue weighted by Crippen LogP contribution is -2.29. The van der Waals surface area contributed by atoms with E-state index in [4.69, 9.17) is 0 Å². The van der Waals surface area contributed by atoms with E-state index in [1.165, 1.54) is 12.8 Å². The maximum atomic E-state index is 12.7. The predicted molar refractivity (Wildman–Crippen MR) is 101 cm³/mol. The Bertz CT molecular complexity index is 895. The minimum atomic E-state index is -0.199.